The third-order valence-corrected chi connectivity index (χ3v) is 6.33. The molecule has 39 heavy (non-hydrogen) atoms. The summed E-state index contributed by atoms with van der Waals surface area (Å²) in [5, 5.41) is 17.1. The van der Waals surface area contributed by atoms with Gasteiger partial charge in [-0.1, -0.05) is 44.2 Å². The number of aliphatic hydroxyl groups is 1. The first-order valence-corrected chi connectivity index (χ1v) is 13.3. The summed E-state index contributed by atoms with van der Waals surface area (Å²) in [5.41, 5.74) is 3.34. The highest BCUT2D eigenvalue weighted by Crippen LogP contribution is 2.28. The molecule has 210 valence electrons. The summed E-state index contributed by atoms with van der Waals surface area (Å²) < 4.78 is 38.8. The first-order chi connectivity index (χ1) is 18.8. The zero-order valence-electron chi connectivity index (χ0n) is 22.8. The van der Waals surface area contributed by atoms with Crippen LogP contribution in [0.5, 0.6) is 11.5 Å². The molecule has 0 radical (unpaired) electrons. The standard InChI is InChI=1S/C31H38F2N2O4/c1-4-11-39-29-10-9-22(16-30(29)38-3)17-31(37)35-27(15-24-13-25(32)18-26(33)14-24)28(36)20-34-19-23-8-6-7-21(5-2)12-23/h6-10,12-14,16,18,27-28,34,36H,4-5,11,15,17,19-20H2,1-3H3,(H,35,37)/t27-,28-/m0/s1. The van der Waals surface area contributed by atoms with Gasteiger partial charge >= 0.3 is 0 Å². The molecule has 3 aromatic rings. The molecular weight excluding hydrogens is 502 g/mol. The van der Waals surface area contributed by atoms with Gasteiger partial charge in [-0.2, -0.15) is 0 Å². The molecule has 0 saturated heterocycles. The van der Waals surface area contributed by atoms with Crippen LogP contribution < -0.4 is 20.1 Å². The smallest absolute Gasteiger partial charge is 0.224 e. The van der Waals surface area contributed by atoms with Crippen LogP contribution in [0, 0.1) is 11.6 Å². The molecule has 0 aliphatic rings. The van der Waals surface area contributed by atoms with Crippen molar-refractivity contribution in [3.05, 3.63) is 94.6 Å². The van der Waals surface area contributed by atoms with Gasteiger partial charge in [0.1, 0.15) is 11.6 Å². The second-order valence-electron chi connectivity index (χ2n) is 9.54. The van der Waals surface area contributed by atoms with Gasteiger partial charge < -0.3 is 25.2 Å². The minimum absolute atomic E-state index is 0.0301. The van der Waals surface area contributed by atoms with Crippen molar-refractivity contribution in [2.24, 2.45) is 0 Å². The summed E-state index contributed by atoms with van der Waals surface area (Å²) in [5.74, 6) is -0.639. The van der Waals surface area contributed by atoms with Crippen LogP contribution in [0.1, 0.15) is 42.5 Å². The Bertz CT molecular complexity index is 1200. The summed E-state index contributed by atoms with van der Waals surface area (Å²) in [6.07, 6.45) is 0.861. The van der Waals surface area contributed by atoms with Gasteiger partial charge in [-0.15, -0.1) is 0 Å². The van der Waals surface area contributed by atoms with Crippen LogP contribution in [0.4, 0.5) is 8.78 Å². The zero-order chi connectivity index (χ0) is 28.2. The molecule has 3 aromatic carbocycles. The Morgan fingerprint density at radius 3 is 2.36 bits per heavy atom. The van der Waals surface area contributed by atoms with Gasteiger partial charge in [0.15, 0.2) is 11.5 Å². The summed E-state index contributed by atoms with van der Waals surface area (Å²) in [6.45, 7) is 5.36. The van der Waals surface area contributed by atoms with Crippen molar-refractivity contribution >= 4 is 5.91 Å². The van der Waals surface area contributed by atoms with E-state index in [4.69, 9.17) is 9.47 Å². The number of hydrogen-bond acceptors (Lipinski definition) is 5. The van der Waals surface area contributed by atoms with Gasteiger partial charge in [-0.25, -0.2) is 8.78 Å². The highest BCUT2D eigenvalue weighted by Gasteiger charge is 2.23. The average molecular weight is 541 g/mol. The monoisotopic (exact) mass is 540 g/mol. The van der Waals surface area contributed by atoms with E-state index >= 15 is 0 Å². The van der Waals surface area contributed by atoms with Gasteiger partial charge in [-0.05, 0) is 65.8 Å². The number of carbonyl (C=O) groups excluding carboxylic acids is 1. The van der Waals surface area contributed by atoms with E-state index in [1.807, 2.05) is 19.1 Å². The Kier molecular flexibility index (Phi) is 11.7. The first kappa shape index (κ1) is 30.1. The summed E-state index contributed by atoms with van der Waals surface area (Å²) in [7, 11) is 1.54. The van der Waals surface area contributed by atoms with Gasteiger partial charge in [0.25, 0.3) is 0 Å². The number of halogens is 2. The second-order valence-corrected chi connectivity index (χ2v) is 9.54. The van der Waals surface area contributed by atoms with Crippen molar-refractivity contribution in [1.82, 2.24) is 10.6 Å². The SMILES string of the molecule is CCCOc1ccc(CC(=O)N[C@@H](Cc2cc(F)cc(F)c2)[C@@H](O)CNCc2cccc(CC)c2)cc1OC. The van der Waals surface area contributed by atoms with E-state index in [2.05, 4.69) is 29.7 Å². The van der Waals surface area contributed by atoms with Crippen LogP contribution in [0.3, 0.4) is 0 Å². The van der Waals surface area contributed by atoms with Crippen molar-refractivity contribution in [2.45, 2.75) is 58.2 Å². The molecule has 3 N–H and O–H groups in total. The zero-order valence-corrected chi connectivity index (χ0v) is 22.8. The molecule has 8 heteroatoms. The molecular formula is C31H38F2N2O4. The fourth-order valence-corrected chi connectivity index (χ4v) is 4.33. The Hall–Kier alpha value is -3.49. The van der Waals surface area contributed by atoms with E-state index in [0.717, 1.165) is 24.5 Å². The molecule has 0 saturated carbocycles. The van der Waals surface area contributed by atoms with Crippen molar-refractivity contribution in [2.75, 3.05) is 20.3 Å². The van der Waals surface area contributed by atoms with E-state index in [1.165, 1.54) is 24.8 Å². The molecule has 0 unspecified atom stereocenters. The summed E-state index contributed by atoms with van der Waals surface area (Å²) >= 11 is 0. The van der Waals surface area contributed by atoms with E-state index in [-0.39, 0.29) is 25.3 Å². The van der Waals surface area contributed by atoms with Crippen molar-refractivity contribution in [3.8, 4) is 11.5 Å². The van der Waals surface area contributed by atoms with Crippen molar-refractivity contribution < 1.29 is 28.2 Å². The van der Waals surface area contributed by atoms with Crippen molar-refractivity contribution in [1.29, 1.82) is 0 Å². The Labute approximate surface area is 229 Å². The Balaban J connectivity index is 1.69. The molecule has 0 aromatic heterocycles. The predicted octanol–water partition coefficient (Wildman–Crippen LogP) is 4.75. The molecule has 0 fully saturated rings. The van der Waals surface area contributed by atoms with Crippen LogP contribution >= 0.6 is 0 Å². The number of carbonyl (C=O) groups is 1. The maximum absolute atomic E-state index is 13.8. The van der Waals surface area contributed by atoms with E-state index < -0.39 is 23.8 Å². The molecule has 0 heterocycles. The Morgan fingerprint density at radius 2 is 1.67 bits per heavy atom. The second kappa shape index (κ2) is 15.2. The lowest BCUT2D eigenvalue weighted by Gasteiger charge is -2.25. The lowest BCUT2D eigenvalue weighted by molar-refractivity contribution is -0.122. The third-order valence-electron chi connectivity index (χ3n) is 6.33. The maximum Gasteiger partial charge on any atom is 0.224 e. The van der Waals surface area contributed by atoms with Crippen LogP contribution in [0.25, 0.3) is 0 Å². The third kappa shape index (κ3) is 9.64. The number of aliphatic hydroxyl groups excluding tert-OH is 1. The van der Waals surface area contributed by atoms with E-state index in [1.54, 1.807) is 18.2 Å². The minimum Gasteiger partial charge on any atom is -0.493 e. The summed E-state index contributed by atoms with van der Waals surface area (Å²) in [4.78, 5) is 13.0. The number of rotatable bonds is 15. The number of amides is 1. The van der Waals surface area contributed by atoms with Crippen LogP contribution in [0.2, 0.25) is 0 Å². The molecule has 1 amide bonds. The highest BCUT2D eigenvalue weighted by atomic mass is 19.1. The largest absolute Gasteiger partial charge is 0.493 e. The van der Waals surface area contributed by atoms with Gasteiger partial charge in [0.2, 0.25) is 5.91 Å². The number of aryl methyl sites for hydroxylation is 1. The molecule has 0 spiro atoms. The van der Waals surface area contributed by atoms with Crippen LogP contribution in [-0.2, 0) is 30.6 Å². The number of nitrogens with one attached hydrogen (secondary N) is 2. The van der Waals surface area contributed by atoms with Crippen LogP contribution in [0.15, 0.2) is 60.7 Å². The quantitative estimate of drug-likeness (QED) is 0.259. The van der Waals surface area contributed by atoms with Gasteiger partial charge in [0, 0.05) is 19.2 Å². The number of benzene rings is 3. The minimum atomic E-state index is -1.01. The Morgan fingerprint density at radius 1 is 0.923 bits per heavy atom. The lowest BCUT2D eigenvalue weighted by atomic mass is 10.00. The van der Waals surface area contributed by atoms with E-state index in [9.17, 15) is 18.7 Å². The molecule has 3 rings (SSSR count). The van der Waals surface area contributed by atoms with E-state index in [0.29, 0.717) is 35.8 Å². The molecule has 0 aliphatic carbocycles. The topological polar surface area (TPSA) is 79.8 Å². The fraction of sp³-hybridized carbons (Fsp3) is 0.387. The maximum atomic E-state index is 13.8. The lowest BCUT2D eigenvalue weighted by Crippen LogP contribution is -2.49. The van der Waals surface area contributed by atoms with Gasteiger partial charge in [0.05, 0.1) is 32.3 Å². The number of ether oxygens (including phenoxy) is 2. The van der Waals surface area contributed by atoms with Crippen molar-refractivity contribution in [3.63, 3.8) is 0 Å². The fourth-order valence-electron chi connectivity index (χ4n) is 4.33. The summed E-state index contributed by atoms with van der Waals surface area (Å²) in [6, 6.07) is 15.9. The molecule has 0 aliphatic heterocycles. The highest BCUT2D eigenvalue weighted by molar-refractivity contribution is 5.79. The van der Waals surface area contributed by atoms with Gasteiger partial charge in [-0.3, -0.25) is 4.79 Å². The average Bonchev–Trinajstić information content (AvgIpc) is 2.91. The molecule has 2 atom stereocenters. The van der Waals surface area contributed by atoms with Crippen LogP contribution in [-0.4, -0.2) is 43.4 Å². The number of methoxy groups -OCH3 is 1. The normalized spacial score (nSPS) is 12.6. The molecule has 0 bridgehead atoms. The first-order valence-electron chi connectivity index (χ1n) is 13.3. The molecule has 6 nitrogen and oxygen atoms in total. The number of hydrogen-bond donors (Lipinski definition) is 3. The predicted molar refractivity (Wildman–Crippen MR) is 148 cm³/mol.